The fraction of sp³-hybridized carbons (Fsp3) is 0.700. The molecule has 0 fully saturated rings. The number of rotatable bonds is 7. The molecule has 1 aromatic heterocycles. The van der Waals surface area contributed by atoms with E-state index in [9.17, 15) is 4.79 Å². The molecule has 1 atom stereocenters. The topological polar surface area (TPSA) is 75.1 Å². The number of carbonyl (C=O) groups is 1. The lowest BCUT2D eigenvalue weighted by molar-refractivity contribution is -0.138. The molecule has 90 valence electrons. The number of hydrogen-bond acceptors (Lipinski definition) is 5. The first-order valence-corrected chi connectivity index (χ1v) is 6.26. The van der Waals surface area contributed by atoms with Gasteiger partial charge in [-0.3, -0.25) is 0 Å². The van der Waals surface area contributed by atoms with Crippen LogP contribution in [0.1, 0.15) is 38.9 Å². The molecule has 16 heavy (non-hydrogen) atoms. The number of aromatic nitrogens is 2. The number of aliphatic carboxylic acids is 1. The predicted molar refractivity (Wildman–Crippen MR) is 63.9 cm³/mol. The van der Waals surface area contributed by atoms with Crippen molar-refractivity contribution in [1.82, 2.24) is 9.36 Å². The number of hydrogen-bond donors (Lipinski definition) is 2. The maximum atomic E-state index is 10.9. The van der Waals surface area contributed by atoms with E-state index in [-0.39, 0.29) is 0 Å². The normalized spacial score (nSPS) is 12.4. The van der Waals surface area contributed by atoms with Crippen molar-refractivity contribution in [1.29, 1.82) is 0 Å². The second-order valence-electron chi connectivity index (χ2n) is 3.59. The van der Waals surface area contributed by atoms with Gasteiger partial charge in [0.2, 0.25) is 5.13 Å². The Balaban J connectivity index is 2.58. The molecule has 0 saturated carbocycles. The highest BCUT2D eigenvalue weighted by Gasteiger charge is 2.17. The minimum Gasteiger partial charge on any atom is -0.480 e. The Labute approximate surface area is 99.1 Å². The number of carboxylic acids is 1. The van der Waals surface area contributed by atoms with Crippen LogP contribution in [0.3, 0.4) is 0 Å². The van der Waals surface area contributed by atoms with E-state index >= 15 is 0 Å². The van der Waals surface area contributed by atoms with Crippen LogP contribution < -0.4 is 5.32 Å². The van der Waals surface area contributed by atoms with Crippen molar-refractivity contribution < 1.29 is 9.90 Å². The van der Waals surface area contributed by atoms with E-state index in [1.807, 2.05) is 6.92 Å². The first kappa shape index (κ1) is 12.9. The van der Waals surface area contributed by atoms with Crippen molar-refractivity contribution >= 4 is 22.6 Å². The van der Waals surface area contributed by atoms with Crippen LogP contribution in [-0.4, -0.2) is 26.5 Å². The molecular weight excluding hydrogens is 226 g/mol. The van der Waals surface area contributed by atoms with Gasteiger partial charge in [-0.25, -0.2) is 9.78 Å². The van der Waals surface area contributed by atoms with Crippen molar-refractivity contribution in [3.63, 3.8) is 0 Å². The van der Waals surface area contributed by atoms with Crippen LogP contribution in [-0.2, 0) is 11.2 Å². The third kappa shape index (κ3) is 3.77. The predicted octanol–water partition coefficient (Wildman–Crippen LogP) is 2.16. The Kier molecular flexibility index (Phi) is 5.18. The van der Waals surface area contributed by atoms with E-state index in [0.717, 1.165) is 25.1 Å². The van der Waals surface area contributed by atoms with Gasteiger partial charge in [0.25, 0.3) is 0 Å². The summed E-state index contributed by atoms with van der Waals surface area (Å²) in [5.74, 6) is -0.0512. The average Bonchev–Trinajstić information content (AvgIpc) is 2.65. The maximum Gasteiger partial charge on any atom is 0.326 e. The fourth-order valence-corrected chi connectivity index (χ4v) is 2.00. The molecule has 0 spiro atoms. The molecule has 0 aliphatic rings. The molecule has 1 heterocycles. The van der Waals surface area contributed by atoms with Gasteiger partial charge in [0.15, 0.2) is 0 Å². The summed E-state index contributed by atoms with van der Waals surface area (Å²) in [6.07, 6.45) is 3.25. The summed E-state index contributed by atoms with van der Waals surface area (Å²) in [7, 11) is 0. The summed E-state index contributed by atoms with van der Waals surface area (Å²) < 4.78 is 4.15. The smallest absolute Gasteiger partial charge is 0.326 e. The lowest BCUT2D eigenvalue weighted by Crippen LogP contribution is -2.28. The Morgan fingerprint density at radius 2 is 2.25 bits per heavy atom. The van der Waals surface area contributed by atoms with Gasteiger partial charge in [0, 0.05) is 18.0 Å². The van der Waals surface area contributed by atoms with Gasteiger partial charge >= 0.3 is 5.97 Å². The molecule has 0 aromatic carbocycles. The molecule has 2 N–H and O–H groups in total. The quantitative estimate of drug-likeness (QED) is 0.767. The van der Waals surface area contributed by atoms with Gasteiger partial charge in [0.1, 0.15) is 11.9 Å². The van der Waals surface area contributed by atoms with Crippen LogP contribution in [0.25, 0.3) is 0 Å². The minimum atomic E-state index is -0.839. The van der Waals surface area contributed by atoms with Crippen LogP contribution >= 0.6 is 11.5 Å². The molecule has 0 amide bonds. The second-order valence-corrected chi connectivity index (χ2v) is 4.34. The molecule has 1 aromatic rings. The van der Waals surface area contributed by atoms with Gasteiger partial charge < -0.3 is 10.4 Å². The van der Waals surface area contributed by atoms with Gasteiger partial charge in [-0.1, -0.05) is 20.3 Å². The van der Waals surface area contributed by atoms with Gasteiger partial charge in [0.05, 0.1) is 0 Å². The standard InChI is InChI=1S/C10H17N3O2S/c1-3-5-7(9(14)15)11-10-12-8(6-4-2)13-16-10/h7H,3-6H2,1-2H3,(H,14,15)(H,11,12,13). The SMILES string of the molecule is CCCc1nsc(NC(CCC)C(=O)O)n1. The van der Waals surface area contributed by atoms with Crippen molar-refractivity contribution in [2.45, 2.75) is 45.6 Å². The summed E-state index contributed by atoms with van der Waals surface area (Å²) in [4.78, 5) is 15.2. The fourth-order valence-electron chi connectivity index (χ4n) is 1.33. The van der Waals surface area contributed by atoms with E-state index in [1.165, 1.54) is 11.5 Å². The van der Waals surface area contributed by atoms with E-state index in [0.29, 0.717) is 11.6 Å². The highest BCUT2D eigenvalue weighted by atomic mass is 32.1. The summed E-state index contributed by atoms with van der Waals surface area (Å²) in [6, 6.07) is -0.563. The summed E-state index contributed by atoms with van der Waals surface area (Å²) in [5.41, 5.74) is 0. The zero-order valence-electron chi connectivity index (χ0n) is 9.56. The number of nitrogens with zero attached hydrogens (tertiary/aromatic N) is 2. The molecular formula is C10H17N3O2S. The first-order chi connectivity index (χ1) is 7.67. The van der Waals surface area contributed by atoms with Crippen molar-refractivity contribution in [2.24, 2.45) is 0 Å². The summed E-state index contributed by atoms with van der Waals surface area (Å²) >= 11 is 1.23. The average molecular weight is 243 g/mol. The first-order valence-electron chi connectivity index (χ1n) is 5.49. The van der Waals surface area contributed by atoms with Crippen LogP contribution in [0.4, 0.5) is 5.13 Å². The number of aryl methyl sites for hydroxylation is 1. The Bertz CT molecular complexity index is 341. The number of carboxylic acid groups (broad SMARTS) is 1. The Morgan fingerprint density at radius 1 is 1.50 bits per heavy atom. The van der Waals surface area contributed by atoms with Crippen LogP contribution in [0, 0.1) is 0 Å². The van der Waals surface area contributed by atoms with Gasteiger partial charge in [-0.15, -0.1) is 0 Å². The van der Waals surface area contributed by atoms with Crippen LogP contribution in [0.2, 0.25) is 0 Å². The largest absolute Gasteiger partial charge is 0.480 e. The molecule has 1 unspecified atom stereocenters. The summed E-state index contributed by atoms with van der Waals surface area (Å²) in [6.45, 7) is 4.02. The molecule has 6 heteroatoms. The third-order valence-corrected chi connectivity index (χ3v) is 2.80. The molecule has 0 saturated heterocycles. The molecule has 0 bridgehead atoms. The lowest BCUT2D eigenvalue weighted by Gasteiger charge is -2.11. The molecule has 0 aliphatic carbocycles. The van der Waals surface area contributed by atoms with E-state index in [4.69, 9.17) is 5.11 Å². The third-order valence-electron chi connectivity index (χ3n) is 2.11. The lowest BCUT2D eigenvalue weighted by atomic mass is 10.2. The second kappa shape index (κ2) is 6.42. The van der Waals surface area contributed by atoms with Gasteiger partial charge in [-0.05, 0) is 12.8 Å². The Morgan fingerprint density at radius 3 is 2.81 bits per heavy atom. The summed E-state index contributed by atoms with van der Waals surface area (Å²) in [5, 5.41) is 12.5. The Hall–Kier alpha value is -1.17. The maximum absolute atomic E-state index is 10.9. The van der Waals surface area contributed by atoms with E-state index in [1.54, 1.807) is 0 Å². The van der Waals surface area contributed by atoms with Crippen LogP contribution in [0.15, 0.2) is 0 Å². The number of anilines is 1. The molecule has 1 rings (SSSR count). The highest BCUT2D eigenvalue weighted by Crippen LogP contribution is 2.15. The van der Waals surface area contributed by atoms with Crippen LogP contribution in [0.5, 0.6) is 0 Å². The van der Waals surface area contributed by atoms with E-state index < -0.39 is 12.0 Å². The minimum absolute atomic E-state index is 0.563. The van der Waals surface area contributed by atoms with E-state index in [2.05, 4.69) is 21.6 Å². The van der Waals surface area contributed by atoms with Gasteiger partial charge in [-0.2, -0.15) is 4.37 Å². The molecule has 0 aliphatic heterocycles. The molecule has 0 radical (unpaired) electrons. The zero-order valence-corrected chi connectivity index (χ0v) is 10.4. The number of nitrogens with one attached hydrogen (secondary N) is 1. The van der Waals surface area contributed by atoms with Crippen molar-refractivity contribution in [3.8, 4) is 0 Å². The monoisotopic (exact) mass is 243 g/mol. The zero-order chi connectivity index (χ0) is 12.0. The van der Waals surface area contributed by atoms with Crippen molar-refractivity contribution in [3.05, 3.63) is 5.82 Å². The van der Waals surface area contributed by atoms with Crippen molar-refractivity contribution in [2.75, 3.05) is 5.32 Å². The molecule has 5 nitrogen and oxygen atoms in total. The highest BCUT2D eigenvalue weighted by molar-refractivity contribution is 7.09.